The summed E-state index contributed by atoms with van der Waals surface area (Å²) in [4.78, 5) is 0. The SMILES string of the molecule is COC(c1ccccc1)C(NN)c1ccc(Cl)cc1. The second-order valence-corrected chi connectivity index (χ2v) is 4.70. The van der Waals surface area contributed by atoms with Crippen molar-refractivity contribution in [3.05, 3.63) is 70.7 Å². The molecule has 0 aliphatic heterocycles. The van der Waals surface area contributed by atoms with Crippen LogP contribution in [0, 0.1) is 0 Å². The first kappa shape index (κ1) is 14.0. The molecule has 100 valence electrons. The maximum Gasteiger partial charge on any atom is 0.103 e. The minimum atomic E-state index is -0.160. The molecule has 0 aliphatic rings. The molecule has 0 saturated carbocycles. The van der Waals surface area contributed by atoms with Gasteiger partial charge in [-0.1, -0.05) is 54.1 Å². The normalized spacial score (nSPS) is 14.1. The van der Waals surface area contributed by atoms with E-state index in [4.69, 9.17) is 22.2 Å². The zero-order valence-electron chi connectivity index (χ0n) is 10.7. The van der Waals surface area contributed by atoms with Crippen LogP contribution < -0.4 is 11.3 Å². The topological polar surface area (TPSA) is 47.3 Å². The number of methoxy groups -OCH3 is 1. The summed E-state index contributed by atoms with van der Waals surface area (Å²) in [5.41, 5.74) is 4.92. The summed E-state index contributed by atoms with van der Waals surface area (Å²) in [5, 5.41) is 0.702. The number of rotatable bonds is 5. The smallest absolute Gasteiger partial charge is 0.103 e. The molecule has 2 unspecified atom stereocenters. The van der Waals surface area contributed by atoms with Crippen LogP contribution in [0.15, 0.2) is 54.6 Å². The predicted octanol–water partition coefficient (Wildman–Crippen LogP) is 3.23. The standard InChI is InChI=1S/C15H17ClN2O/c1-19-15(12-5-3-2-4-6-12)14(18-17)11-7-9-13(16)10-8-11/h2-10,14-15,18H,17H2,1H3. The number of halogens is 1. The Kier molecular flexibility index (Phi) is 4.93. The summed E-state index contributed by atoms with van der Waals surface area (Å²) in [6, 6.07) is 17.4. The van der Waals surface area contributed by atoms with Crippen molar-refractivity contribution in [3.63, 3.8) is 0 Å². The Morgan fingerprint density at radius 1 is 1.00 bits per heavy atom. The first-order chi connectivity index (χ1) is 9.26. The number of hydrogen-bond donors (Lipinski definition) is 2. The first-order valence-electron chi connectivity index (χ1n) is 6.05. The molecule has 2 aromatic carbocycles. The highest BCUT2D eigenvalue weighted by Crippen LogP contribution is 2.31. The van der Waals surface area contributed by atoms with Crippen LogP contribution in [-0.4, -0.2) is 7.11 Å². The van der Waals surface area contributed by atoms with Crippen molar-refractivity contribution in [2.75, 3.05) is 7.11 Å². The van der Waals surface area contributed by atoms with Crippen LogP contribution in [0.1, 0.15) is 23.3 Å². The minimum absolute atomic E-state index is 0.135. The van der Waals surface area contributed by atoms with Gasteiger partial charge in [0.2, 0.25) is 0 Å². The van der Waals surface area contributed by atoms with Crippen molar-refractivity contribution in [2.24, 2.45) is 5.84 Å². The van der Waals surface area contributed by atoms with Crippen LogP contribution in [0.4, 0.5) is 0 Å². The summed E-state index contributed by atoms with van der Waals surface area (Å²) in [5.74, 6) is 5.69. The molecule has 0 radical (unpaired) electrons. The Labute approximate surface area is 118 Å². The lowest BCUT2D eigenvalue weighted by molar-refractivity contribution is 0.0676. The lowest BCUT2D eigenvalue weighted by atomic mass is 9.96. The maximum absolute atomic E-state index is 5.91. The number of nitrogens with two attached hydrogens (primary N) is 1. The Bertz CT molecular complexity index is 501. The fourth-order valence-corrected chi connectivity index (χ4v) is 2.26. The maximum atomic E-state index is 5.91. The molecule has 0 spiro atoms. The Morgan fingerprint density at radius 3 is 2.16 bits per heavy atom. The largest absolute Gasteiger partial charge is 0.375 e. The number of nitrogens with one attached hydrogen (secondary N) is 1. The van der Waals surface area contributed by atoms with E-state index in [0.717, 1.165) is 11.1 Å². The van der Waals surface area contributed by atoms with Gasteiger partial charge < -0.3 is 4.74 Å². The molecular formula is C15H17ClN2O. The number of ether oxygens (including phenoxy) is 1. The van der Waals surface area contributed by atoms with Crippen LogP contribution in [0.2, 0.25) is 5.02 Å². The summed E-state index contributed by atoms with van der Waals surface area (Å²) in [7, 11) is 1.68. The van der Waals surface area contributed by atoms with Gasteiger partial charge in [-0.15, -0.1) is 0 Å². The molecule has 3 nitrogen and oxygen atoms in total. The molecule has 2 atom stereocenters. The number of hydrazine groups is 1. The second kappa shape index (κ2) is 6.68. The van der Waals surface area contributed by atoms with Gasteiger partial charge in [-0.2, -0.15) is 0 Å². The Morgan fingerprint density at radius 2 is 1.63 bits per heavy atom. The van der Waals surface area contributed by atoms with Gasteiger partial charge in [0.15, 0.2) is 0 Å². The molecule has 0 saturated heterocycles. The molecule has 4 heteroatoms. The predicted molar refractivity (Wildman–Crippen MR) is 77.7 cm³/mol. The summed E-state index contributed by atoms with van der Waals surface area (Å²) in [6.07, 6.45) is -0.160. The van der Waals surface area contributed by atoms with Crippen molar-refractivity contribution in [3.8, 4) is 0 Å². The highest BCUT2D eigenvalue weighted by molar-refractivity contribution is 6.30. The molecule has 19 heavy (non-hydrogen) atoms. The average Bonchev–Trinajstić information content (AvgIpc) is 2.47. The average molecular weight is 277 g/mol. The van der Waals surface area contributed by atoms with Crippen molar-refractivity contribution in [2.45, 2.75) is 12.1 Å². The van der Waals surface area contributed by atoms with E-state index in [1.807, 2.05) is 54.6 Å². The summed E-state index contributed by atoms with van der Waals surface area (Å²) >= 11 is 5.91. The van der Waals surface area contributed by atoms with Crippen LogP contribution in [0.5, 0.6) is 0 Å². The van der Waals surface area contributed by atoms with E-state index >= 15 is 0 Å². The third-order valence-electron chi connectivity index (χ3n) is 3.09. The molecule has 0 fully saturated rings. The highest BCUT2D eigenvalue weighted by atomic mass is 35.5. The minimum Gasteiger partial charge on any atom is -0.375 e. The van der Waals surface area contributed by atoms with Gasteiger partial charge in [-0.3, -0.25) is 11.3 Å². The molecule has 2 rings (SSSR count). The van der Waals surface area contributed by atoms with Gasteiger partial charge in [0, 0.05) is 12.1 Å². The quantitative estimate of drug-likeness (QED) is 0.651. The van der Waals surface area contributed by atoms with E-state index < -0.39 is 0 Å². The first-order valence-corrected chi connectivity index (χ1v) is 6.43. The molecule has 2 aromatic rings. The van der Waals surface area contributed by atoms with Gasteiger partial charge in [-0.05, 0) is 23.3 Å². The third-order valence-corrected chi connectivity index (χ3v) is 3.35. The lowest BCUT2D eigenvalue weighted by Crippen LogP contribution is -2.33. The number of benzene rings is 2. The Hall–Kier alpha value is -1.39. The molecule has 0 amide bonds. The van der Waals surface area contributed by atoms with Gasteiger partial charge in [0.1, 0.15) is 6.10 Å². The van der Waals surface area contributed by atoms with Crippen molar-refractivity contribution < 1.29 is 4.74 Å². The van der Waals surface area contributed by atoms with E-state index in [-0.39, 0.29) is 12.1 Å². The molecular weight excluding hydrogens is 260 g/mol. The van der Waals surface area contributed by atoms with Gasteiger partial charge in [0.25, 0.3) is 0 Å². The number of hydrogen-bond acceptors (Lipinski definition) is 3. The monoisotopic (exact) mass is 276 g/mol. The lowest BCUT2D eigenvalue weighted by Gasteiger charge is -2.26. The zero-order valence-corrected chi connectivity index (χ0v) is 11.5. The van der Waals surface area contributed by atoms with Crippen LogP contribution in [-0.2, 0) is 4.74 Å². The third kappa shape index (κ3) is 3.33. The molecule has 3 N–H and O–H groups in total. The van der Waals surface area contributed by atoms with Crippen molar-refractivity contribution >= 4 is 11.6 Å². The highest BCUT2D eigenvalue weighted by Gasteiger charge is 2.23. The molecule has 0 aromatic heterocycles. The van der Waals surface area contributed by atoms with Crippen molar-refractivity contribution in [1.82, 2.24) is 5.43 Å². The zero-order chi connectivity index (χ0) is 13.7. The molecule has 0 heterocycles. The van der Waals surface area contributed by atoms with Crippen molar-refractivity contribution in [1.29, 1.82) is 0 Å². The van der Waals surface area contributed by atoms with Gasteiger partial charge in [-0.25, -0.2) is 0 Å². The Balaban J connectivity index is 2.31. The van der Waals surface area contributed by atoms with Crippen LogP contribution in [0.3, 0.4) is 0 Å². The van der Waals surface area contributed by atoms with E-state index in [1.165, 1.54) is 0 Å². The van der Waals surface area contributed by atoms with Gasteiger partial charge >= 0.3 is 0 Å². The fraction of sp³-hybridized carbons (Fsp3) is 0.200. The summed E-state index contributed by atoms with van der Waals surface area (Å²) in [6.45, 7) is 0. The van der Waals surface area contributed by atoms with E-state index in [1.54, 1.807) is 7.11 Å². The van der Waals surface area contributed by atoms with E-state index in [9.17, 15) is 0 Å². The molecule has 0 aliphatic carbocycles. The second-order valence-electron chi connectivity index (χ2n) is 4.26. The summed E-state index contributed by atoms with van der Waals surface area (Å²) < 4.78 is 5.60. The van der Waals surface area contributed by atoms with Crippen LogP contribution >= 0.6 is 11.6 Å². The molecule has 0 bridgehead atoms. The van der Waals surface area contributed by atoms with E-state index in [2.05, 4.69) is 5.43 Å². The van der Waals surface area contributed by atoms with Gasteiger partial charge in [0.05, 0.1) is 6.04 Å². The fourth-order valence-electron chi connectivity index (χ4n) is 2.14. The van der Waals surface area contributed by atoms with E-state index in [0.29, 0.717) is 5.02 Å². The van der Waals surface area contributed by atoms with Crippen LogP contribution in [0.25, 0.3) is 0 Å².